The highest BCUT2D eigenvalue weighted by atomic mass is 19.1. The van der Waals surface area contributed by atoms with Crippen LogP contribution in [0.3, 0.4) is 0 Å². The molecule has 0 radical (unpaired) electrons. The summed E-state index contributed by atoms with van der Waals surface area (Å²) in [5.41, 5.74) is 0.140. The number of carbonyl (C=O) groups is 2. The third-order valence-corrected chi connectivity index (χ3v) is 2.99. The van der Waals surface area contributed by atoms with E-state index in [1.54, 1.807) is 7.05 Å². The fraction of sp³-hybridized carbons (Fsp3) is 0.462. The lowest BCUT2D eigenvalue weighted by Crippen LogP contribution is -2.35. The molecule has 1 heterocycles. The van der Waals surface area contributed by atoms with Crippen LogP contribution >= 0.6 is 0 Å². The van der Waals surface area contributed by atoms with Crippen molar-refractivity contribution in [3.05, 3.63) is 23.6 Å². The minimum Gasteiger partial charge on any atom is -0.372 e. The first kappa shape index (κ1) is 14.2. The lowest BCUT2D eigenvalue weighted by atomic mass is 10.2. The van der Waals surface area contributed by atoms with Gasteiger partial charge in [0.2, 0.25) is 5.91 Å². The van der Waals surface area contributed by atoms with Crippen LogP contribution in [0.5, 0.6) is 0 Å². The van der Waals surface area contributed by atoms with Crippen LogP contribution in [0.1, 0.15) is 23.2 Å². The van der Waals surface area contributed by atoms with Gasteiger partial charge in [0.15, 0.2) is 0 Å². The van der Waals surface area contributed by atoms with Gasteiger partial charge in [0.05, 0.1) is 11.8 Å². The zero-order valence-electron chi connectivity index (χ0n) is 11.2. The van der Waals surface area contributed by atoms with E-state index in [4.69, 9.17) is 0 Å². The molecule has 6 nitrogen and oxygen atoms in total. The molecule has 0 aromatic carbocycles. The van der Waals surface area contributed by atoms with Crippen LogP contribution in [-0.2, 0) is 4.79 Å². The van der Waals surface area contributed by atoms with Gasteiger partial charge in [-0.3, -0.25) is 9.59 Å². The summed E-state index contributed by atoms with van der Waals surface area (Å²) in [4.78, 5) is 27.1. The van der Waals surface area contributed by atoms with Crippen molar-refractivity contribution in [2.75, 3.05) is 25.5 Å². The van der Waals surface area contributed by atoms with Gasteiger partial charge in [-0.1, -0.05) is 0 Å². The zero-order valence-corrected chi connectivity index (χ0v) is 11.2. The molecule has 1 aromatic heterocycles. The van der Waals surface area contributed by atoms with Crippen LogP contribution in [0.4, 0.5) is 10.2 Å². The van der Waals surface area contributed by atoms with E-state index in [1.165, 1.54) is 0 Å². The number of amides is 2. The molecule has 0 aliphatic heterocycles. The minimum atomic E-state index is -0.573. The number of anilines is 1. The van der Waals surface area contributed by atoms with Crippen molar-refractivity contribution >= 4 is 17.6 Å². The SMILES string of the molecule is CNc1ncc(F)cc1C(=O)NCCNC(=O)C1CC1. The molecule has 0 bridgehead atoms. The molecule has 20 heavy (non-hydrogen) atoms. The Morgan fingerprint density at radius 1 is 1.35 bits per heavy atom. The highest BCUT2D eigenvalue weighted by molar-refractivity contribution is 5.98. The van der Waals surface area contributed by atoms with Crippen molar-refractivity contribution < 1.29 is 14.0 Å². The largest absolute Gasteiger partial charge is 0.372 e. The number of nitrogens with zero attached hydrogens (tertiary/aromatic N) is 1. The maximum atomic E-state index is 13.1. The summed E-state index contributed by atoms with van der Waals surface area (Å²) in [7, 11) is 1.60. The molecule has 1 aromatic rings. The molecule has 3 N–H and O–H groups in total. The number of hydrogen-bond acceptors (Lipinski definition) is 4. The first-order chi connectivity index (χ1) is 9.61. The summed E-state index contributed by atoms with van der Waals surface area (Å²) in [6.07, 6.45) is 2.93. The lowest BCUT2D eigenvalue weighted by Gasteiger charge is -2.09. The summed E-state index contributed by atoms with van der Waals surface area (Å²) in [6, 6.07) is 1.12. The Morgan fingerprint density at radius 3 is 2.70 bits per heavy atom. The Bertz CT molecular complexity index is 517. The molecule has 0 saturated heterocycles. The van der Waals surface area contributed by atoms with Crippen LogP contribution in [-0.4, -0.2) is 36.9 Å². The number of nitrogens with one attached hydrogen (secondary N) is 3. The van der Waals surface area contributed by atoms with Gasteiger partial charge in [-0.05, 0) is 18.9 Å². The summed E-state index contributed by atoms with van der Waals surface area (Å²) >= 11 is 0. The van der Waals surface area contributed by atoms with E-state index in [2.05, 4.69) is 20.9 Å². The fourth-order valence-electron chi connectivity index (χ4n) is 1.76. The second-order valence-electron chi connectivity index (χ2n) is 4.62. The van der Waals surface area contributed by atoms with E-state index in [-0.39, 0.29) is 23.9 Å². The van der Waals surface area contributed by atoms with Crippen LogP contribution in [0, 0.1) is 11.7 Å². The minimum absolute atomic E-state index is 0.0302. The average Bonchev–Trinajstić information content (AvgIpc) is 3.27. The van der Waals surface area contributed by atoms with E-state index in [9.17, 15) is 14.0 Å². The molecule has 1 aliphatic carbocycles. The van der Waals surface area contributed by atoms with Gasteiger partial charge in [-0.2, -0.15) is 0 Å². The van der Waals surface area contributed by atoms with E-state index < -0.39 is 11.7 Å². The Labute approximate surface area is 116 Å². The van der Waals surface area contributed by atoms with E-state index in [0.29, 0.717) is 12.4 Å². The third-order valence-electron chi connectivity index (χ3n) is 2.99. The second kappa shape index (κ2) is 6.31. The molecule has 7 heteroatoms. The van der Waals surface area contributed by atoms with Crippen molar-refractivity contribution in [3.63, 3.8) is 0 Å². The van der Waals surface area contributed by atoms with Crippen molar-refractivity contribution in [2.45, 2.75) is 12.8 Å². The van der Waals surface area contributed by atoms with E-state index >= 15 is 0 Å². The van der Waals surface area contributed by atoms with Gasteiger partial charge in [0.1, 0.15) is 11.6 Å². The maximum absolute atomic E-state index is 13.1. The Morgan fingerprint density at radius 2 is 2.05 bits per heavy atom. The summed E-state index contributed by atoms with van der Waals surface area (Å²) < 4.78 is 13.1. The summed E-state index contributed by atoms with van der Waals surface area (Å²) in [5.74, 6) is -0.513. The van der Waals surface area contributed by atoms with Crippen LogP contribution in [0.2, 0.25) is 0 Å². The van der Waals surface area contributed by atoms with Gasteiger partial charge < -0.3 is 16.0 Å². The van der Waals surface area contributed by atoms with Crippen LogP contribution in [0.15, 0.2) is 12.3 Å². The molecule has 1 saturated carbocycles. The zero-order chi connectivity index (χ0) is 14.5. The molecule has 0 spiro atoms. The molecule has 1 fully saturated rings. The van der Waals surface area contributed by atoms with Crippen LogP contribution in [0.25, 0.3) is 0 Å². The fourth-order valence-corrected chi connectivity index (χ4v) is 1.76. The monoisotopic (exact) mass is 280 g/mol. The highest BCUT2D eigenvalue weighted by Crippen LogP contribution is 2.28. The standard InChI is InChI=1S/C13H17FN4O2/c1-15-11-10(6-9(14)7-18-11)13(20)17-5-4-16-12(19)8-2-3-8/h6-8H,2-5H2,1H3,(H,15,18)(H,16,19)(H,17,20). The molecule has 1 aliphatic rings. The number of pyridine rings is 1. The van der Waals surface area contributed by atoms with Crippen molar-refractivity contribution in [1.82, 2.24) is 15.6 Å². The lowest BCUT2D eigenvalue weighted by molar-refractivity contribution is -0.122. The molecule has 2 amide bonds. The van der Waals surface area contributed by atoms with E-state index in [0.717, 1.165) is 25.1 Å². The number of halogens is 1. The summed E-state index contributed by atoms with van der Waals surface area (Å²) in [6.45, 7) is 0.648. The molecular weight excluding hydrogens is 263 g/mol. The molecule has 108 valence electrons. The van der Waals surface area contributed by atoms with Crippen molar-refractivity contribution in [2.24, 2.45) is 5.92 Å². The van der Waals surface area contributed by atoms with Gasteiger partial charge in [-0.25, -0.2) is 9.37 Å². The first-order valence-electron chi connectivity index (χ1n) is 6.51. The average molecular weight is 280 g/mol. The molecule has 0 unspecified atom stereocenters. The van der Waals surface area contributed by atoms with Crippen molar-refractivity contribution in [3.8, 4) is 0 Å². The van der Waals surface area contributed by atoms with Gasteiger partial charge in [-0.15, -0.1) is 0 Å². The topological polar surface area (TPSA) is 83.1 Å². The van der Waals surface area contributed by atoms with Gasteiger partial charge in [0.25, 0.3) is 5.91 Å². The second-order valence-corrected chi connectivity index (χ2v) is 4.62. The quantitative estimate of drug-likeness (QED) is 0.663. The summed E-state index contributed by atoms with van der Waals surface area (Å²) in [5, 5.41) is 8.07. The van der Waals surface area contributed by atoms with Crippen LogP contribution < -0.4 is 16.0 Å². The Hall–Kier alpha value is -2.18. The van der Waals surface area contributed by atoms with Gasteiger partial charge in [0, 0.05) is 26.1 Å². The smallest absolute Gasteiger partial charge is 0.255 e. The third kappa shape index (κ3) is 3.66. The normalized spacial score (nSPS) is 13.7. The predicted octanol–water partition coefficient (Wildman–Crippen LogP) is 0.518. The number of aromatic nitrogens is 1. The highest BCUT2D eigenvalue weighted by Gasteiger charge is 2.29. The first-order valence-corrected chi connectivity index (χ1v) is 6.51. The number of carbonyl (C=O) groups excluding carboxylic acids is 2. The molecule has 2 rings (SSSR count). The van der Waals surface area contributed by atoms with Gasteiger partial charge >= 0.3 is 0 Å². The predicted molar refractivity (Wildman–Crippen MR) is 71.8 cm³/mol. The Balaban J connectivity index is 1.81. The maximum Gasteiger partial charge on any atom is 0.255 e. The Kier molecular flexibility index (Phi) is 4.49. The number of hydrogen-bond donors (Lipinski definition) is 3. The van der Waals surface area contributed by atoms with Crippen molar-refractivity contribution in [1.29, 1.82) is 0 Å². The van der Waals surface area contributed by atoms with E-state index in [1.807, 2.05) is 0 Å². The number of rotatable bonds is 6. The molecular formula is C13H17FN4O2. The molecule has 0 atom stereocenters.